The molecule has 130 valence electrons. The lowest BCUT2D eigenvalue weighted by atomic mass is 10.1. The summed E-state index contributed by atoms with van der Waals surface area (Å²) in [5.41, 5.74) is 1.49. The molecule has 0 aliphatic carbocycles. The topological polar surface area (TPSA) is 60.1 Å². The van der Waals surface area contributed by atoms with Crippen LogP contribution in [0.2, 0.25) is 0 Å². The first-order valence-corrected chi connectivity index (χ1v) is 8.33. The molecule has 0 bridgehead atoms. The molecule has 6 heteroatoms. The van der Waals surface area contributed by atoms with Gasteiger partial charge in [0.2, 0.25) is 5.91 Å². The Morgan fingerprint density at radius 2 is 1.58 bits per heavy atom. The van der Waals surface area contributed by atoms with Crippen LogP contribution in [-0.4, -0.2) is 27.3 Å². The molecule has 0 N–H and O–H groups in total. The number of pyridine rings is 1. The van der Waals surface area contributed by atoms with E-state index in [4.69, 9.17) is 0 Å². The molecule has 4 rings (SSSR count). The summed E-state index contributed by atoms with van der Waals surface area (Å²) in [6.07, 6.45) is 1.66. The molecule has 2 aromatic carbocycles. The Morgan fingerprint density at radius 1 is 1.00 bits per heavy atom. The quantitative estimate of drug-likeness (QED) is 0.536. The van der Waals surface area contributed by atoms with E-state index in [1.807, 2.05) is 41.0 Å². The molecule has 0 unspecified atom stereocenters. The summed E-state index contributed by atoms with van der Waals surface area (Å²) in [6, 6.07) is 16.6. The fraction of sp³-hybridized carbons (Fsp3) is 0.150. The van der Waals surface area contributed by atoms with Crippen molar-refractivity contribution >= 4 is 33.5 Å². The van der Waals surface area contributed by atoms with Gasteiger partial charge in [-0.25, -0.2) is 0 Å². The number of benzene rings is 2. The normalized spacial score (nSPS) is 11.2. The maximum Gasteiger partial charge on any atom is 0.247 e. The minimum absolute atomic E-state index is 0.0140. The monoisotopic (exact) mass is 346 g/mol. The molecule has 0 atom stereocenters. The second-order valence-electron chi connectivity index (χ2n) is 6.22. The molecular formula is C20H18N4O2. The van der Waals surface area contributed by atoms with E-state index >= 15 is 0 Å². The third-order valence-corrected chi connectivity index (χ3v) is 4.69. The van der Waals surface area contributed by atoms with Crippen LogP contribution in [0, 0.1) is 0 Å². The van der Waals surface area contributed by atoms with Gasteiger partial charge in [-0.15, -0.1) is 0 Å². The smallest absolute Gasteiger partial charge is 0.247 e. The lowest BCUT2D eigenvalue weighted by Gasteiger charge is -2.20. The van der Waals surface area contributed by atoms with Crippen molar-refractivity contribution in [2.75, 3.05) is 11.9 Å². The van der Waals surface area contributed by atoms with E-state index in [1.165, 1.54) is 0 Å². The van der Waals surface area contributed by atoms with Crippen molar-refractivity contribution in [3.8, 4) is 0 Å². The fourth-order valence-electron chi connectivity index (χ4n) is 3.31. The number of carbonyl (C=O) groups excluding carboxylic acids is 1. The van der Waals surface area contributed by atoms with Crippen molar-refractivity contribution in [3.63, 3.8) is 0 Å². The Balaban J connectivity index is 1.87. The molecule has 0 aliphatic rings. The first-order valence-electron chi connectivity index (χ1n) is 8.33. The van der Waals surface area contributed by atoms with Crippen molar-refractivity contribution in [3.05, 3.63) is 71.0 Å². The van der Waals surface area contributed by atoms with Gasteiger partial charge in [-0.3, -0.25) is 19.2 Å². The lowest BCUT2D eigenvalue weighted by molar-refractivity contribution is -0.118. The minimum atomic E-state index is -0.0902. The molecule has 26 heavy (non-hydrogen) atoms. The van der Waals surface area contributed by atoms with Gasteiger partial charge in [0.05, 0.1) is 17.2 Å². The van der Waals surface area contributed by atoms with E-state index in [0.717, 1.165) is 11.0 Å². The summed E-state index contributed by atoms with van der Waals surface area (Å²) in [4.78, 5) is 27.3. The second kappa shape index (κ2) is 6.15. The summed E-state index contributed by atoms with van der Waals surface area (Å²) in [5.74, 6) is 0.622. The predicted molar refractivity (Wildman–Crippen MR) is 102 cm³/mol. The Morgan fingerprint density at radius 3 is 2.12 bits per heavy atom. The Bertz CT molecular complexity index is 1130. The van der Waals surface area contributed by atoms with Crippen LogP contribution in [-0.2, 0) is 18.4 Å². The van der Waals surface area contributed by atoms with Crippen LogP contribution in [0.25, 0.3) is 21.8 Å². The number of amides is 1. The average Bonchev–Trinajstić information content (AvgIpc) is 3.10. The predicted octanol–water partition coefficient (Wildman–Crippen LogP) is 2.55. The number of aromatic nitrogens is 3. The van der Waals surface area contributed by atoms with Crippen LogP contribution in [0.1, 0.15) is 0 Å². The molecule has 4 aromatic rings. The Labute approximate surface area is 149 Å². The number of carbonyl (C=O) groups is 1. The maximum atomic E-state index is 12.9. The van der Waals surface area contributed by atoms with Gasteiger partial charge in [-0.1, -0.05) is 24.3 Å². The number of anilines is 1. The molecule has 0 fully saturated rings. The van der Waals surface area contributed by atoms with E-state index < -0.39 is 0 Å². The van der Waals surface area contributed by atoms with E-state index in [2.05, 4.69) is 5.10 Å². The van der Waals surface area contributed by atoms with Gasteiger partial charge in [0.25, 0.3) is 0 Å². The van der Waals surface area contributed by atoms with Crippen molar-refractivity contribution in [1.82, 2.24) is 14.3 Å². The number of hydrogen-bond acceptors (Lipinski definition) is 3. The third kappa shape index (κ3) is 2.47. The molecule has 0 saturated carbocycles. The van der Waals surface area contributed by atoms with Crippen LogP contribution in [0.5, 0.6) is 0 Å². The molecule has 2 heterocycles. The first kappa shape index (κ1) is 16.1. The molecule has 0 spiro atoms. The fourth-order valence-corrected chi connectivity index (χ4v) is 3.31. The molecule has 0 radical (unpaired) electrons. The standard InChI is InChI=1S/C20H18N4O2/c1-22(18-11-12-21-23(18)2)19(25)13-24-16-9-5-3-7-14(16)20(26)15-8-4-6-10-17(15)24/h3-12H,13H2,1-2H3. The maximum absolute atomic E-state index is 12.9. The number of nitrogens with zero attached hydrogens (tertiary/aromatic N) is 4. The first-order chi connectivity index (χ1) is 12.6. The van der Waals surface area contributed by atoms with E-state index in [1.54, 1.807) is 48.1 Å². The zero-order valence-corrected chi connectivity index (χ0v) is 14.6. The lowest BCUT2D eigenvalue weighted by Crippen LogP contribution is -2.32. The van der Waals surface area contributed by atoms with E-state index in [0.29, 0.717) is 16.6 Å². The van der Waals surface area contributed by atoms with Gasteiger partial charge >= 0.3 is 0 Å². The highest BCUT2D eigenvalue weighted by Crippen LogP contribution is 2.20. The van der Waals surface area contributed by atoms with Crippen LogP contribution in [0.15, 0.2) is 65.6 Å². The number of aryl methyl sites for hydroxylation is 1. The Hall–Kier alpha value is -3.41. The largest absolute Gasteiger partial charge is 0.331 e. The highest BCUT2D eigenvalue weighted by atomic mass is 16.2. The van der Waals surface area contributed by atoms with Gasteiger partial charge in [0.1, 0.15) is 12.4 Å². The summed E-state index contributed by atoms with van der Waals surface area (Å²) < 4.78 is 3.56. The number of likely N-dealkylation sites (N-methyl/N-ethyl adjacent to an activating group) is 1. The van der Waals surface area contributed by atoms with Crippen molar-refractivity contribution in [1.29, 1.82) is 0 Å². The zero-order chi connectivity index (χ0) is 18.3. The molecule has 0 aliphatic heterocycles. The summed E-state index contributed by atoms with van der Waals surface area (Å²) >= 11 is 0. The van der Waals surface area contributed by atoms with Gasteiger partial charge < -0.3 is 4.57 Å². The van der Waals surface area contributed by atoms with E-state index in [-0.39, 0.29) is 17.9 Å². The second-order valence-corrected chi connectivity index (χ2v) is 6.22. The van der Waals surface area contributed by atoms with Crippen LogP contribution in [0.3, 0.4) is 0 Å². The van der Waals surface area contributed by atoms with E-state index in [9.17, 15) is 9.59 Å². The summed E-state index contributed by atoms with van der Waals surface area (Å²) in [6.45, 7) is 0.128. The van der Waals surface area contributed by atoms with Crippen molar-refractivity contribution in [2.24, 2.45) is 7.05 Å². The molecule has 1 amide bonds. The molecule has 0 saturated heterocycles. The van der Waals surface area contributed by atoms with Gasteiger partial charge in [-0.05, 0) is 24.3 Å². The van der Waals surface area contributed by atoms with Crippen molar-refractivity contribution in [2.45, 2.75) is 6.54 Å². The van der Waals surface area contributed by atoms with Gasteiger partial charge in [0.15, 0.2) is 5.43 Å². The summed E-state index contributed by atoms with van der Waals surface area (Å²) in [5, 5.41) is 5.34. The third-order valence-electron chi connectivity index (χ3n) is 4.69. The minimum Gasteiger partial charge on any atom is -0.331 e. The van der Waals surface area contributed by atoms with Crippen LogP contribution < -0.4 is 10.3 Å². The SMILES string of the molecule is CN(C(=O)Cn1c2ccccc2c(=O)c2ccccc21)c1ccnn1C. The molecule has 6 nitrogen and oxygen atoms in total. The highest BCUT2D eigenvalue weighted by Gasteiger charge is 2.17. The highest BCUT2D eigenvalue weighted by molar-refractivity contribution is 5.97. The summed E-state index contributed by atoms with van der Waals surface area (Å²) in [7, 11) is 3.52. The Kier molecular flexibility index (Phi) is 3.80. The number of fused-ring (bicyclic) bond motifs is 2. The number of para-hydroxylation sites is 2. The molecular weight excluding hydrogens is 328 g/mol. The van der Waals surface area contributed by atoms with Crippen molar-refractivity contribution < 1.29 is 4.79 Å². The number of hydrogen-bond donors (Lipinski definition) is 0. The van der Waals surface area contributed by atoms with Crippen LogP contribution in [0.4, 0.5) is 5.82 Å². The van der Waals surface area contributed by atoms with Gasteiger partial charge in [0, 0.05) is 30.9 Å². The molecule has 2 aromatic heterocycles. The van der Waals surface area contributed by atoms with Gasteiger partial charge in [-0.2, -0.15) is 5.10 Å². The number of rotatable bonds is 3. The van der Waals surface area contributed by atoms with Crippen LogP contribution >= 0.6 is 0 Å². The average molecular weight is 346 g/mol. The zero-order valence-electron chi connectivity index (χ0n) is 14.6.